The van der Waals surface area contributed by atoms with E-state index in [0.717, 1.165) is 12.2 Å². The lowest BCUT2D eigenvalue weighted by Crippen LogP contribution is -2.37. The predicted molar refractivity (Wildman–Crippen MR) is 96.1 cm³/mol. The van der Waals surface area contributed by atoms with E-state index in [1.54, 1.807) is 24.5 Å². The second-order valence-corrected chi connectivity index (χ2v) is 6.27. The molecule has 126 valence electrons. The molecule has 1 aliphatic rings. The molecular formula is C19H24N4O. The highest BCUT2D eigenvalue weighted by molar-refractivity contribution is 6.04. The van der Waals surface area contributed by atoms with E-state index >= 15 is 0 Å². The number of carbonyl (C=O) groups excluding carboxylic acids is 1. The molecule has 3 rings (SSSR count). The Morgan fingerprint density at radius 3 is 2.50 bits per heavy atom. The first-order valence-electron chi connectivity index (χ1n) is 8.38. The molecular weight excluding hydrogens is 300 g/mol. The quantitative estimate of drug-likeness (QED) is 0.888. The molecule has 2 aromatic rings. The molecule has 1 amide bonds. The Morgan fingerprint density at radius 2 is 1.92 bits per heavy atom. The third kappa shape index (κ3) is 3.63. The highest BCUT2D eigenvalue weighted by Crippen LogP contribution is 2.28. The molecule has 2 heterocycles. The van der Waals surface area contributed by atoms with Gasteiger partial charge in [-0.05, 0) is 63.3 Å². The normalized spacial score (nSPS) is 19.2. The SMILES string of the molecule is CNC(c1ccc(C(=O)Nc2ccncc2)cc1)C1CCCN1C. The molecule has 0 bridgehead atoms. The van der Waals surface area contributed by atoms with Gasteiger partial charge in [0, 0.05) is 35.7 Å². The van der Waals surface area contributed by atoms with E-state index in [9.17, 15) is 4.79 Å². The van der Waals surface area contributed by atoms with Crippen molar-refractivity contribution in [1.82, 2.24) is 15.2 Å². The van der Waals surface area contributed by atoms with Gasteiger partial charge in [0.25, 0.3) is 5.91 Å². The van der Waals surface area contributed by atoms with Crippen molar-refractivity contribution in [3.05, 3.63) is 59.9 Å². The highest BCUT2D eigenvalue weighted by atomic mass is 16.1. The van der Waals surface area contributed by atoms with Crippen LogP contribution in [0.4, 0.5) is 5.69 Å². The fraction of sp³-hybridized carbons (Fsp3) is 0.368. The first-order chi connectivity index (χ1) is 11.7. The first-order valence-corrected chi connectivity index (χ1v) is 8.38. The minimum atomic E-state index is -0.105. The van der Waals surface area contributed by atoms with Crippen LogP contribution in [0.3, 0.4) is 0 Å². The molecule has 2 N–H and O–H groups in total. The Bertz CT molecular complexity index is 672. The van der Waals surface area contributed by atoms with Gasteiger partial charge in [-0.3, -0.25) is 9.78 Å². The summed E-state index contributed by atoms with van der Waals surface area (Å²) < 4.78 is 0. The maximum Gasteiger partial charge on any atom is 0.255 e. The Kier molecular flexibility index (Phi) is 5.23. The van der Waals surface area contributed by atoms with Gasteiger partial charge in [-0.1, -0.05) is 12.1 Å². The third-order valence-corrected chi connectivity index (χ3v) is 4.74. The molecule has 1 saturated heterocycles. The van der Waals surface area contributed by atoms with Gasteiger partial charge in [-0.25, -0.2) is 0 Å². The Hall–Kier alpha value is -2.24. The number of likely N-dealkylation sites (N-methyl/N-ethyl adjacent to an activating group) is 2. The summed E-state index contributed by atoms with van der Waals surface area (Å²) in [5.74, 6) is -0.105. The molecule has 1 aromatic heterocycles. The molecule has 5 nitrogen and oxygen atoms in total. The number of aromatic nitrogens is 1. The van der Waals surface area contributed by atoms with Crippen LogP contribution in [0.25, 0.3) is 0 Å². The Morgan fingerprint density at radius 1 is 1.21 bits per heavy atom. The standard InChI is InChI=1S/C19H24N4O/c1-20-18(17-4-3-13-23(17)2)14-5-7-15(8-6-14)19(24)22-16-9-11-21-12-10-16/h5-12,17-18,20H,3-4,13H2,1-2H3,(H,21,22,24). The lowest BCUT2D eigenvalue weighted by molar-refractivity contribution is 0.102. The number of carbonyl (C=O) groups is 1. The molecule has 2 unspecified atom stereocenters. The second kappa shape index (κ2) is 7.55. The summed E-state index contributed by atoms with van der Waals surface area (Å²) in [6, 6.07) is 12.2. The number of amides is 1. The zero-order chi connectivity index (χ0) is 16.9. The molecule has 0 radical (unpaired) electrons. The van der Waals surface area contributed by atoms with Crippen molar-refractivity contribution in [3.8, 4) is 0 Å². The van der Waals surface area contributed by atoms with Crippen molar-refractivity contribution in [2.24, 2.45) is 0 Å². The van der Waals surface area contributed by atoms with Crippen molar-refractivity contribution in [2.75, 3.05) is 26.0 Å². The fourth-order valence-corrected chi connectivity index (χ4v) is 3.42. The second-order valence-electron chi connectivity index (χ2n) is 6.27. The summed E-state index contributed by atoms with van der Waals surface area (Å²) in [5.41, 5.74) is 2.63. The maximum atomic E-state index is 12.3. The molecule has 2 atom stereocenters. The van der Waals surface area contributed by atoms with Crippen LogP contribution >= 0.6 is 0 Å². The summed E-state index contributed by atoms with van der Waals surface area (Å²) in [6.45, 7) is 1.15. The highest BCUT2D eigenvalue weighted by Gasteiger charge is 2.29. The van der Waals surface area contributed by atoms with E-state index in [2.05, 4.69) is 39.7 Å². The van der Waals surface area contributed by atoms with Crippen molar-refractivity contribution in [1.29, 1.82) is 0 Å². The molecule has 5 heteroatoms. The number of anilines is 1. The van der Waals surface area contributed by atoms with Crippen LogP contribution in [0.2, 0.25) is 0 Å². The van der Waals surface area contributed by atoms with Crippen LogP contribution in [0.15, 0.2) is 48.8 Å². The van der Waals surface area contributed by atoms with Crippen LogP contribution in [-0.4, -0.2) is 42.5 Å². The molecule has 1 aromatic carbocycles. The van der Waals surface area contributed by atoms with Crippen LogP contribution < -0.4 is 10.6 Å². The summed E-state index contributed by atoms with van der Waals surface area (Å²) >= 11 is 0. The molecule has 24 heavy (non-hydrogen) atoms. The van der Waals surface area contributed by atoms with Crippen molar-refractivity contribution >= 4 is 11.6 Å². The average Bonchev–Trinajstić information content (AvgIpc) is 3.03. The van der Waals surface area contributed by atoms with Gasteiger partial charge in [0.15, 0.2) is 0 Å². The van der Waals surface area contributed by atoms with Gasteiger partial charge in [0.1, 0.15) is 0 Å². The van der Waals surface area contributed by atoms with Gasteiger partial charge in [-0.15, -0.1) is 0 Å². The van der Waals surface area contributed by atoms with E-state index < -0.39 is 0 Å². The first kappa shape index (κ1) is 16.6. The Balaban J connectivity index is 1.71. The fourth-order valence-electron chi connectivity index (χ4n) is 3.42. The summed E-state index contributed by atoms with van der Waals surface area (Å²) in [6.07, 6.45) is 5.76. The van der Waals surface area contributed by atoms with Crippen molar-refractivity contribution in [2.45, 2.75) is 24.9 Å². The van der Waals surface area contributed by atoms with Gasteiger partial charge in [0.05, 0.1) is 0 Å². The van der Waals surface area contributed by atoms with Crippen molar-refractivity contribution < 1.29 is 4.79 Å². The number of nitrogens with zero attached hydrogens (tertiary/aromatic N) is 2. The number of hydrogen-bond donors (Lipinski definition) is 2. The zero-order valence-corrected chi connectivity index (χ0v) is 14.2. The number of rotatable bonds is 5. The summed E-state index contributed by atoms with van der Waals surface area (Å²) in [7, 11) is 4.18. The lowest BCUT2D eigenvalue weighted by Gasteiger charge is -2.29. The number of hydrogen-bond acceptors (Lipinski definition) is 4. The number of pyridine rings is 1. The number of likely N-dealkylation sites (tertiary alicyclic amines) is 1. The molecule has 1 aliphatic heterocycles. The van der Waals surface area contributed by atoms with E-state index in [0.29, 0.717) is 11.6 Å². The van der Waals surface area contributed by atoms with Gasteiger partial charge >= 0.3 is 0 Å². The van der Waals surface area contributed by atoms with Gasteiger partial charge < -0.3 is 15.5 Å². The largest absolute Gasteiger partial charge is 0.322 e. The number of nitrogens with one attached hydrogen (secondary N) is 2. The molecule has 0 saturated carbocycles. The predicted octanol–water partition coefficient (Wildman–Crippen LogP) is 2.69. The third-order valence-electron chi connectivity index (χ3n) is 4.74. The smallest absolute Gasteiger partial charge is 0.255 e. The maximum absolute atomic E-state index is 12.3. The minimum absolute atomic E-state index is 0.105. The average molecular weight is 324 g/mol. The monoisotopic (exact) mass is 324 g/mol. The summed E-state index contributed by atoms with van der Waals surface area (Å²) in [4.78, 5) is 18.7. The Labute approximate surface area is 143 Å². The minimum Gasteiger partial charge on any atom is -0.322 e. The van der Waals surface area contributed by atoms with Crippen LogP contribution in [0, 0.1) is 0 Å². The van der Waals surface area contributed by atoms with Crippen LogP contribution in [0.5, 0.6) is 0 Å². The van der Waals surface area contributed by atoms with Crippen LogP contribution in [-0.2, 0) is 0 Å². The van der Waals surface area contributed by atoms with E-state index in [1.807, 2.05) is 19.2 Å². The van der Waals surface area contributed by atoms with E-state index in [1.165, 1.54) is 18.4 Å². The summed E-state index contributed by atoms with van der Waals surface area (Å²) in [5, 5.41) is 6.31. The van der Waals surface area contributed by atoms with E-state index in [-0.39, 0.29) is 11.9 Å². The lowest BCUT2D eigenvalue weighted by atomic mass is 9.96. The van der Waals surface area contributed by atoms with E-state index in [4.69, 9.17) is 0 Å². The zero-order valence-electron chi connectivity index (χ0n) is 14.2. The van der Waals surface area contributed by atoms with Crippen molar-refractivity contribution in [3.63, 3.8) is 0 Å². The molecule has 0 spiro atoms. The topological polar surface area (TPSA) is 57.3 Å². The van der Waals surface area contributed by atoms with Gasteiger partial charge in [0.2, 0.25) is 0 Å². The molecule has 1 fully saturated rings. The van der Waals surface area contributed by atoms with Crippen LogP contribution in [0.1, 0.15) is 34.8 Å². The number of benzene rings is 1. The van der Waals surface area contributed by atoms with Gasteiger partial charge in [-0.2, -0.15) is 0 Å². The molecule has 0 aliphatic carbocycles.